The minimum atomic E-state index is 0.414. The van der Waals surface area contributed by atoms with Gasteiger partial charge in [-0.3, -0.25) is 0 Å². The number of halogens is 1. The smallest absolute Gasteiger partial charge is 0.160 e. The second-order valence-electron chi connectivity index (χ2n) is 4.17. The van der Waals surface area contributed by atoms with E-state index in [9.17, 15) is 0 Å². The first-order valence-corrected chi connectivity index (χ1v) is 6.62. The first-order chi connectivity index (χ1) is 9.22. The molecule has 2 aromatic heterocycles. The highest BCUT2D eigenvalue weighted by atomic mass is 79.9. The average molecular weight is 318 g/mol. The molecule has 0 bridgehead atoms. The van der Waals surface area contributed by atoms with Crippen molar-refractivity contribution in [2.45, 2.75) is 6.61 Å². The summed E-state index contributed by atoms with van der Waals surface area (Å²) in [5.74, 6) is 0.805. The number of aromatic nitrogens is 2. The summed E-state index contributed by atoms with van der Waals surface area (Å²) in [7, 11) is 0. The van der Waals surface area contributed by atoms with Gasteiger partial charge in [-0.05, 0) is 30.3 Å². The Kier molecular flexibility index (Phi) is 3.13. The molecular weight excluding hydrogens is 306 g/mol. The zero-order chi connectivity index (χ0) is 13.2. The molecule has 19 heavy (non-hydrogen) atoms. The number of anilines is 1. The van der Waals surface area contributed by atoms with Gasteiger partial charge in [0.05, 0.1) is 11.4 Å². The van der Waals surface area contributed by atoms with Crippen molar-refractivity contribution < 1.29 is 4.74 Å². The molecule has 2 heterocycles. The van der Waals surface area contributed by atoms with E-state index in [1.165, 1.54) is 0 Å². The molecule has 0 saturated heterocycles. The van der Waals surface area contributed by atoms with Gasteiger partial charge in [-0.15, -0.1) is 0 Å². The Morgan fingerprint density at radius 1 is 1.26 bits per heavy atom. The summed E-state index contributed by atoms with van der Waals surface area (Å²) in [5.41, 5.74) is 8.13. The number of ether oxygens (including phenoxy) is 1. The molecule has 5 heteroatoms. The standard InChI is InChI=1S/C14H12BrN3O/c15-10-3-1-4-12(7-10)19-9-11-8-18-6-2-5-13(16)14(18)17-11/h1-8H,9,16H2. The van der Waals surface area contributed by atoms with Crippen molar-refractivity contribution in [2.24, 2.45) is 0 Å². The molecule has 0 aliphatic carbocycles. The summed E-state index contributed by atoms with van der Waals surface area (Å²) >= 11 is 3.41. The van der Waals surface area contributed by atoms with Gasteiger partial charge >= 0.3 is 0 Å². The maximum absolute atomic E-state index is 5.87. The number of benzene rings is 1. The molecule has 0 spiro atoms. The van der Waals surface area contributed by atoms with Gasteiger partial charge in [0.2, 0.25) is 0 Å². The van der Waals surface area contributed by atoms with Crippen LogP contribution in [0, 0.1) is 0 Å². The number of nitrogens with two attached hydrogens (primary N) is 1. The van der Waals surface area contributed by atoms with Crippen LogP contribution in [0.2, 0.25) is 0 Å². The average Bonchev–Trinajstić information content (AvgIpc) is 2.81. The Morgan fingerprint density at radius 3 is 2.95 bits per heavy atom. The van der Waals surface area contributed by atoms with Crippen LogP contribution >= 0.6 is 15.9 Å². The van der Waals surface area contributed by atoms with E-state index in [4.69, 9.17) is 10.5 Å². The molecule has 96 valence electrons. The van der Waals surface area contributed by atoms with Crippen molar-refractivity contribution in [3.8, 4) is 5.75 Å². The fourth-order valence-corrected chi connectivity index (χ4v) is 2.25. The molecule has 0 radical (unpaired) electrons. The van der Waals surface area contributed by atoms with Gasteiger partial charge in [-0.2, -0.15) is 0 Å². The molecule has 0 aliphatic rings. The van der Waals surface area contributed by atoms with Gasteiger partial charge in [0.25, 0.3) is 0 Å². The van der Waals surface area contributed by atoms with Crippen LogP contribution in [-0.2, 0) is 6.61 Å². The van der Waals surface area contributed by atoms with Crippen LogP contribution in [0.15, 0.2) is 53.3 Å². The molecule has 0 amide bonds. The number of fused-ring (bicyclic) bond motifs is 1. The molecule has 3 aromatic rings. The van der Waals surface area contributed by atoms with E-state index in [2.05, 4.69) is 20.9 Å². The van der Waals surface area contributed by atoms with E-state index in [0.717, 1.165) is 21.6 Å². The first kappa shape index (κ1) is 12.0. The van der Waals surface area contributed by atoms with Crippen molar-refractivity contribution >= 4 is 27.3 Å². The van der Waals surface area contributed by atoms with Crippen LogP contribution in [0.25, 0.3) is 5.65 Å². The zero-order valence-electron chi connectivity index (χ0n) is 10.1. The first-order valence-electron chi connectivity index (χ1n) is 5.83. The van der Waals surface area contributed by atoms with Crippen LogP contribution in [0.4, 0.5) is 5.69 Å². The van der Waals surface area contributed by atoms with E-state index >= 15 is 0 Å². The van der Waals surface area contributed by atoms with Gasteiger partial charge in [-0.1, -0.05) is 22.0 Å². The molecular formula is C14H12BrN3O. The van der Waals surface area contributed by atoms with Crippen LogP contribution < -0.4 is 10.5 Å². The predicted molar refractivity (Wildman–Crippen MR) is 78.1 cm³/mol. The number of rotatable bonds is 3. The van der Waals surface area contributed by atoms with E-state index in [1.807, 2.05) is 53.2 Å². The van der Waals surface area contributed by atoms with Crippen molar-refractivity contribution in [3.05, 3.63) is 59.0 Å². The highest BCUT2D eigenvalue weighted by Crippen LogP contribution is 2.19. The summed E-state index contributed by atoms with van der Waals surface area (Å²) < 4.78 is 8.58. The summed E-state index contributed by atoms with van der Waals surface area (Å²) in [4.78, 5) is 4.45. The Balaban J connectivity index is 1.80. The van der Waals surface area contributed by atoms with Gasteiger partial charge < -0.3 is 14.9 Å². The fourth-order valence-electron chi connectivity index (χ4n) is 1.87. The van der Waals surface area contributed by atoms with Crippen LogP contribution in [0.5, 0.6) is 5.75 Å². The summed E-state index contributed by atoms with van der Waals surface area (Å²) in [6.07, 6.45) is 3.84. The van der Waals surface area contributed by atoms with E-state index in [1.54, 1.807) is 0 Å². The fraction of sp³-hybridized carbons (Fsp3) is 0.0714. The van der Waals surface area contributed by atoms with Gasteiger partial charge in [0.15, 0.2) is 5.65 Å². The molecule has 3 rings (SSSR count). The summed E-state index contributed by atoms with van der Waals surface area (Å²) in [5, 5.41) is 0. The molecule has 0 unspecified atom stereocenters. The minimum absolute atomic E-state index is 0.414. The normalized spacial score (nSPS) is 10.8. The second kappa shape index (κ2) is 4.93. The lowest BCUT2D eigenvalue weighted by atomic mass is 10.3. The Morgan fingerprint density at radius 2 is 2.16 bits per heavy atom. The third-order valence-corrected chi connectivity index (χ3v) is 3.24. The third-order valence-electron chi connectivity index (χ3n) is 2.75. The summed E-state index contributed by atoms with van der Waals surface area (Å²) in [6.45, 7) is 0.414. The minimum Gasteiger partial charge on any atom is -0.487 e. The zero-order valence-corrected chi connectivity index (χ0v) is 11.7. The highest BCUT2D eigenvalue weighted by molar-refractivity contribution is 9.10. The van der Waals surface area contributed by atoms with Crippen molar-refractivity contribution in [1.29, 1.82) is 0 Å². The lowest BCUT2D eigenvalue weighted by Gasteiger charge is -2.03. The number of hydrogen-bond acceptors (Lipinski definition) is 3. The van der Waals surface area contributed by atoms with E-state index < -0.39 is 0 Å². The predicted octanol–water partition coefficient (Wildman–Crippen LogP) is 3.26. The number of pyridine rings is 1. The van der Waals surface area contributed by atoms with Gasteiger partial charge in [0.1, 0.15) is 12.4 Å². The number of hydrogen-bond donors (Lipinski definition) is 1. The molecule has 0 atom stereocenters. The maximum atomic E-state index is 5.87. The SMILES string of the molecule is Nc1cccn2cc(COc3cccc(Br)c3)nc12. The van der Waals surface area contributed by atoms with Crippen LogP contribution in [-0.4, -0.2) is 9.38 Å². The third kappa shape index (κ3) is 2.56. The maximum Gasteiger partial charge on any atom is 0.160 e. The Hall–Kier alpha value is -2.01. The summed E-state index contributed by atoms with van der Waals surface area (Å²) in [6, 6.07) is 11.4. The van der Waals surface area contributed by atoms with Crippen molar-refractivity contribution in [1.82, 2.24) is 9.38 Å². The Bertz CT molecular complexity index is 724. The number of nitrogen functional groups attached to an aromatic ring is 1. The largest absolute Gasteiger partial charge is 0.487 e. The molecule has 0 saturated carbocycles. The highest BCUT2D eigenvalue weighted by Gasteiger charge is 2.05. The second-order valence-corrected chi connectivity index (χ2v) is 5.09. The molecule has 0 fully saturated rings. The molecule has 2 N–H and O–H groups in total. The van der Waals surface area contributed by atoms with Gasteiger partial charge in [-0.25, -0.2) is 4.98 Å². The lowest BCUT2D eigenvalue weighted by molar-refractivity contribution is 0.302. The van der Waals surface area contributed by atoms with E-state index in [-0.39, 0.29) is 0 Å². The lowest BCUT2D eigenvalue weighted by Crippen LogP contribution is -1.95. The molecule has 4 nitrogen and oxygen atoms in total. The topological polar surface area (TPSA) is 52.5 Å². The molecule has 1 aromatic carbocycles. The number of imidazole rings is 1. The van der Waals surface area contributed by atoms with Crippen molar-refractivity contribution in [2.75, 3.05) is 5.73 Å². The Labute approximate surface area is 119 Å². The number of nitrogens with zero attached hydrogens (tertiary/aromatic N) is 2. The molecule has 0 aliphatic heterocycles. The quantitative estimate of drug-likeness (QED) is 0.806. The van der Waals surface area contributed by atoms with Gasteiger partial charge in [0, 0.05) is 16.9 Å². The van der Waals surface area contributed by atoms with Crippen molar-refractivity contribution in [3.63, 3.8) is 0 Å². The van der Waals surface area contributed by atoms with E-state index in [0.29, 0.717) is 12.3 Å². The van der Waals surface area contributed by atoms with Crippen LogP contribution in [0.3, 0.4) is 0 Å². The van der Waals surface area contributed by atoms with Crippen LogP contribution in [0.1, 0.15) is 5.69 Å². The monoisotopic (exact) mass is 317 g/mol.